The number of H-pyrrole nitrogens is 4. The number of aromatic amines is 4. The van der Waals surface area contributed by atoms with Gasteiger partial charge in [0.2, 0.25) is 6.29 Å². The van der Waals surface area contributed by atoms with Crippen LogP contribution in [0.25, 0.3) is 0 Å². The van der Waals surface area contributed by atoms with Gasteiger partial charge in [0.05, 0.1) is 72.7 Å². The predicted molar refractivity (Wildman–Crippen MR) is 342 cm³/mol. The van der Waals surface area contributed by atoms with Gasteiger partial charge in [0.25, 0.3) is 6.29 Å². The molecule has 8 rings (SSSR count). The molecule has 35 heteroatoms. The SMILES string of the molecule is CO.Cc1c[nH+]cc(CONCCCO[C@H]2OC(CO)C(O)C=C2O)c1.Cc1c[nH+]cc(CONCCCO[C@H]2OC(CO)[C@@H](O)[C@@H](O)C2O)c1.Cc1c[nH+]cc(CONCCCO[C@H]2OC(CO)[C@@H](O)[C@@H](O)C2O)c1.Cc1c[nH+]cc(CONCCCO[C@H]2OC=C(O)C=C2O)c1.O. The van der Waals surface area contributed by atoms with Gasteiger partial charge in [-0.05, 0) is 83.7 Å². The van der Waals surface area contributed by atoms with E-state index >= 15 is 0 Å². The first kappa shape index (κ1) is 87.2. The summed E-state index contributed by atoms with van der Waals surface area (Å²) in [5, 5.41) is 130. The molecule has 0 spiro atoms. The highest BCUT2D eigenvalue weighted by Gasteiger charge is 2.45. The zero-order chi connectivity index (χ0) is 71.6. The molecule has 99 heavy (non-hydrogen) atoms. The second kappa shape index (κ2) is 50.3. The predicted octanol–water partition coefficient (Wildman–Crippen LogP) is -3.95. The minimum atomic E-state index is -1.43. The van der Waals surface area contributed by atoms with E-state index in [0.29, 0.717) is 91.5 Å². The summed E-state index contributed by atoms with van der Waals surface area (Å²) >= 11 is 0. The van der Waals surface area contributed by atoms with Gasteiger partial charge in [-0.3, -0.25) is 19.4 Å². The molecule has 4 aliphatic rings. The van der Waals surface area contributed by atoms with Crippen molar-refractivity contribution >= 4 is 0 Å². The molecule has 4 aliphatic heterocycles. The maximum atomic E-state index is 9.83. The van der Waals surface area contributed by atoms with Crippen molar-refractivity contribution in [2.45, 2.75) is 166 Å². The van der Waals surface area contributed by atoms with Crippen molar-refractivity contribution in [1.82, 2.24) is 21.9 Å². The van der Waals surface area contributed by atoms with E-state index in [-0.39, 0.29) is 42.6 Å². The van der Waals surface area contributed by atoms with E-state index in [2.05, 4.69) is 41.9 Å². The van der Waals surface area contributed by atoms with Crippen molar-refractivity contribution < 1.29 is 154 Å². The Morgan fingerprint density at radius 3 is 1.07 bits per heavy atom. The Morgan fingerprint density at radius 1 is 0.414 bits per heavy atom. The third-order valence-electron chi connectivity index (χ3n) is 14.1. The first-order valence-electron chi connectivity index (χ1n) is 31.9. The summed E-state index contributed by atoms with van der Waals surface area (Å²) < 4.78 is 42.2. The van der Waals surface area contributed by atoms with E-state index in [1.54, 1.807) is 0 Å². The number of aromatic nitrogens is 4. The Balaban J connectivity index is 0.000000340. The lowest BCUT2D eigenvalue weighted by molar-refractivity contribution is -0.380. The summed E-state index contributed by atoms with van der Waals surface area (Å²) in [4.78, 5) is 33.5. The highest BCUT2D eigenvalue weighted by molar-refractivity contribution is 5.17. The van der Waals surface area contributed by atoms with Crippen LogP contribution in [0.2, 0.25) is 0 Å². The minimum absolute atomic E-state index is 0. The monoisotopic (exact) mass is 1420 g/mol. The van der Waals surface area contributed by atoms with Crippen molar-refractivity contribution in [1.29, 1.82) is 0 Å². The number of aliphatic hydroxyl groups is 14. The molecule has 2 fully saturated rings. The Morgan fingerprint density at radius 2 is 0.747 bits per heavy atom. The largest absolute Gasteiger partial charge is 0.507 e. The van der Waals surface area contributed by atoms with Crippen LogP contribution in [0, 0.1) is 27.7 Å². The van der Waals surface area contributed by atoms with E-state index in [1.807, 2.05) is 102 Å². The summed E-state index contributed by atoms with van der Waals surface area (Å²) in [6.45, 7) is 11.9. The van der Waals surface area contributed by atoms with E-state index < -0.39 is 99.4 Å². The Kier molecular flexibility index (Phi) is 44.3. The third kappa shape index (κ3) is 33.5. The molecule has 0 aliphatic carbocycles. The number of hydrogen-bond donors (Lipinski definition) is 18. The Bertz CT molecular complexity index is 2780. The molecule has 24 N–H and O–H groups in total. The van der Waals surface area contributed by atoms with Gasteiger partial charge in [-0.2, -0.15) is 0 Å². The van der Waals surface area contributed by atoms with Gasteiger partial charge in [-0.1, -0.05) is 0 Å². The highest BCUT2D eigenvalue weighted by Crippen LogP contribution is 2.24. The smallest absolute Gasteiger partial charge is 0.257 e. The fourth-order valence-electron chi connectivity index (χ4n) is 9.08. The van der Waals surface area contributed by atoms with Crippen molar-refractivity contribution in [3.63, 3.8) is 0 Å². The van der Waals surface area contributed by atoms with Crippen molar-refractivity contribution in [2.75, 3.05) is 79.5 Å². The molecule has 0 saturated carbocycles. The third-order valence-corrected chi connectivity index (χ3v) is 14.1. The van der Waals surface area contributed by atoms with Gasteiger partial charge in [0.1, 0.15) is 73.1 Å². The molecular weight excluding hydrogens is 1310 g/mol. The molecule has 0 bridgehead atoms. The number of aryl methyl sites for hydroxylation is 4. The van der Waals surface area contributed by atoms with Crippen LogP contribution < -0.4 is 41.9 Å². The summed E-state index contributed by atoms with van der Waals surface area (Å²) in [7, 11) is 1.00. The lowest BCUT2D eigenvalue weighted by Gasteiger charge is -2.39. The van der Waals surface area contributed by atoms with Crippen molar-refractivity contribution in [3.05, 3.63) is 154 Å². The summed E-state index contributed by atoms with van der Waals surface area (Å²) in [6.07, 6.45) is 4.96. The summed E-state index contributed by atoms with van der Waals surface area (Å²) in [5.41, 5.74) is 20.0. The molecule has 2 saturated heterocycles. The number of allylic oxidation sites excluding steroid dienone is 1. The van der Waals surface area contributed by atoms with Crippen LogP contribution in [-0.4, -0.2) is 243 Å². The van der Waals surface area contributed by atoms with E-state index in [0.717, 1.165) is 57.9 Å². The molecule has 560 valence electrons. The average molecular weight is 1420 g/mol. The Hall–Kier alpha value is -6.06. The zero-order valence-electron chi connectivity index (χ0n) is 56.3. The lowest BCUT2D eigenvalue weighted by Crippen LogP contribution is -2.59. The van der Waals surface area contributed by atoms with Crippen LogP contribution in [0.4, 0.5) is 0 Å². The molecule has 8 heterocycles. The summed E-state index contributed by atoms with van der Waals surface area (Å²) in [6, 6.07) is 8.10. The van der Waals surface area contributed by atoms with Gasteiger partial charge >= 0.3 is 0 Å². The molecule has 0 aromatic carbocycles. The van der Waals surface area contributed by atoms with Gasteiger partial charge in [0.15, 0.2) is 73.7 Å². The number of pyridine rings is 4. The van der Waals surface area contributed by atoms with Crippen LogP contribution in [0.5, 0.6) is 0 Å². The molecule has 0 amide bonds. The second-order valence-electron chi connectivity index (χ2n) is 22.5. The van der Waals surface area contributed by atoms with Gasteiger partial charge in [-0.15, -0.1) is 0 Å². The van der Waals surface area contributed by atoms with E-state index in [9.17, 15) is 46.0 Å². The molecule has 0 radical (unpaired) electrons. The number of hydrogen-bond acceptors (Lipinski definition) is 30. The van der Waals surface area contributed by atoms with Crippen LogP contribution in [0.3, 0.4) is 0 Å². The maximum Gasteiger partial charge on any atom is 0.257 e. The van der Waals surface area contributed by atoms with Crippen molar-refractivity contribution in [3.8, 4) is 0 Å². The fourth-order valence-corrected chi connectivity index (χ4v) is 9.08. The quantitative estimate of drug-likeness (QED) is 0.0154. The van der Waals surface area contributed by atoms with Crippen molar-refractivity contribution in [2.24, 2.45) is 0 Å². The first-order valence-corrected chi connectivity index (χ1v) is 31.9. The first-order chi connectivity index (χ1) is 47.3. The number of aliphatic hydroxyl groups excluding tert-OH is 14. The van der Waals surface area contributed by atoms with Gasteiger partial charge in [0, 0.05) is 83.9 Å². The molecule has 4 aromatic heterocycles. The number of ether oxygens (including phenoxy) is 8. The minimum Gasteiger partial charge on any atom is -0.507 e. The van der Waals surface area contributed by atoms with Gasteiger partial charge < -0.3 is 115 Å². The van der Waals surface area contributed by atoms with Crippen LogP contribution in [-0.2, 0) is 83.7 Å². The zero-order valence-corrected chi connectivity index (χ0v) is 56.3. The topological polar surface area (TPSA) is 530 Å². The maximum absolute atomic E-state index is 9.83. The normalized spacial score (nSPS) is 24.8. The van der Waals surface area contributed by atoms with Crippen LogP contribution in [0.1, 0.15) is 70.2 Å². The van der Waals surface area contributed by atoms with Crippen LogP contribution in [0.15, 0.2) is 110 Å². The summed E-state index contributed by atoms with van der Waals surface area (Å²) in [5.74, 6) is -0.479. The van der Waals surface area contributed by atoms with Gasteiger partial charge in [-0.25, -0.2) is 41.9 Å². The number of nitrogens with one attached hydrogen (secondary N) is 8. The second-order valence-corrected chi connectivity index (χ2v) is 22.5. The van der Waals surface area contributed by atoms with Crippen LogP contribution >= 0.6 is 0 Å². The highest BCUT2D eigenvalue weighted by atomic mass is 16.7. The fraction of sp³-hybridized carbons (Fsp3) is 0.594. The molecule has 35 nitrogen and oxygen atoms in total. The molecule has 6 unspecified atom stereocenters. The van der Waals surface area contributed by atoms with E-state index in [1.165, 1.54) is 12.2 Å². The lowest BCUT2D eigenvalue weighted by atomic mass is 9.99. The Labute approximate surface area is 573 Å². The standard InChI is InChI=1S/2C16H26N2O7.C16H24N2O6.C15H20N2O5.CH4O.H2O/c2*1-10-5-11(7-17-6-10)9-24-18-3-2-4-23-16-15(22)14(21)13(20)12(8-19)25-16;1-11-5-12(8-17-7-11)10-23-18-3-2-4-22-16-14(21)6-13(20)15(9-19)24-16;1-11-5-12(8-16-7-11)9-22-17-3-2-4-20-15-14(19)6-13(18)10-21-15;1-2;/h2*5-7,12-16,18-22H,2-4,8-9H2,1H3;5-8,13,15-16,18-21H,2-4,9-10H2,1H3;5-8,10,15,17-19H,2-4,9H2,1H3;2H,1H3;1H2/p+4/t2*12?,13-,14-,15?,16+;13?,15?,16-;15-;;/m1100../s1. The molecule has 14 atom stereocenters. The molecular formula is C64H106N8O27+4. The van der Waals surface area contributed by atoms with E-state index in [4.69, 9.17) is 82.8 Å². The molecule has 4 aromatic rings. The number of hydroxylamine groups is 4. The average Bonchev–Trinajstić information content (AvgIpc) is 0.855. The number of rotatable bonds is 35.